The molecule has 0 aliphatic rings. The fourth-order valence-electron chi connectivity index (χ4n) is 4.67. The normalized spacial score (nSPS) is 11.9. The topological polar surface area (TPSA) is 73.4 Å². The summed E-state index contributed by atoms with van der Waals surface area (Å²) in [6.45, 7) is 6.01. The van der Waals surface area contributed by atoms with E-state index in [4.69, 9.17) is 15.5 Å². The first-order valence-electron chi connectivity index (χ1n) is 12.8. The van der Waals surface area contributed by atoms with Crippen LogP contribution in [0, 0.1) is 5.92 Å². The Hall–Kier alpha value is -3.90. The van der Waals surface area contributed by atoms with Crippen molar-refractivity contribution in [2.75, 3.05) is 20.2 Å². The average Bonchev–Trinajstić information content (AvgIpc) is 3.34. The molecule has 3 aromatic carbocycles. The summed E-state index contributed by atoms with van der Waals surface area (Å²) in [6.07, 6.45) is 2.80. The summed E-state index contributed by atoms with van der Waals surface area (Å²) in [6, 6.07) is 27.5. The van der Waals surface area contributed by atoms with Gasteiger partial charge in [0.25, 0.3) is 5.91 Å². The highest BCUT2D eigenvalue weighted by molar-refractivity contribution is 5.94. The minimum absolute atomic E-state index is 0.00931. The van der Waals surface area contributed by atoms with Crippen molar-refractivity contribution in [3.8, 4) is 17.0 Å². The number of carbonyl (C=O) groups excluding carboxylic acids is 1. The number of methoxy groups -OCH3 is 1. The van der Waals surface area contributed by atoms with Crippen LogP contribution in [-0.2, 0) is 6.54 Å². The highest BCUT2D eigenvalue weighted by Crippen LogP contribution is 2.33. The second-order valence-corrected chi connectivity index (χ2v) is 9.53. The summed E-state index contributed by atoms with van der Waals surface area (Å²) in [5.41, 5.74) is 9.55. The van der Waals surface area contributed by atoms with Crippen molar-refractivity contribution in [1.29, 1.82) is 0 Å². The molecule has 6 nitrogen and oxygen atoms in total. The van der Waals surface area contributed by atoms with Crippen molar-refractivity contribution < 1.29 is 9.53 Å². The van der Waals surface area contributed by atoms with Gasteiger partial charge < -0.3 is 19.9 Å². The Balaban J connectivity index is 1.83. The molecule has 0 bridgehead atoms. The zero-order valence-corrected chi connectivity index (χ0v) is 21.9. The number of nitrogens with two attached hydrogens (primary N) is 1. The second-order valence-electron chi connectivity index (χ2n) is 9.53. The lowest BCUT2D eigenvalue weighted by molar-refractivity contribution is 0.0604. The molecular weight excluding hydrogens is 460 g/mol. The maximum atomic E-state index is 13.8. The van der Waals surface area contributed by atoms with E-state index in [2.05, 4.69) is 36.7 Å². The van der Waals surface area contributed by atoms with Gasteiger partial charge in [0.15, 0.2) is 0 Å². The summed E-state index contributed by atoms with van der Waals surface area (Å²) in [5.74, 6) is 1.75. The van der Waals surface area contributed by atoms with E-state index in [-0.39, 0.29) is 17.9 Å². The Labute approximate surface area is 219 Å². The largest absolute Gasteiger partial charge is 0.497 e. The molecular formula is C31H36N4O2. The van der Waals surface area contributed by atoms with Crippen LogP contribution in [0.2, 0.25) is 0 Å². The number of hydrogen-bond acceptors (Lipinski definition) is 4. The maximum absolute atomic E-state index is 13.8. The molecule has 0 aliphatic heterocycles. The molecule has 1 atom stereocenters. The van der Waals surface area contributed by atoms with Crippen LogP contribution in [0.3, 0.4) is 0 Å². The summed E-state index contributed by atoms with van der Waals surface area (Å²) in [4.78, 5) is 20.9. The third-order valence-corrected chi connectivity index (χ3v) is 6.49. The van der Waals surface area contributed by atoms with Crippen LogP contribution in [0.4, 0.5) is 0 Å². The summed E-state index contributed by atoms with van der Waals surface area (Å²) < 4.78 is 7.64. The van der Waals surface area contributed by atoms with Gasteiger partial charge in [-0.05, 0) is 48.7 Å². The Bertz CT molecular complexity index is 1290. The van der Waals surface area contributed by atoms with Crippen LogP contribution < -0.4 is 10.5 Å². The van der Waals surface area contributed by atoms with E-state index in [1.54, 1.807) is 7.11 Å². The predicted molar refractivity (Wildman–Crippen MR) is 148 cm³/mol. The summed E-state index contributed by atoms with van der Waals surface area (Å²) in [7, 11) is 1.66. The van der Waals surface area contributed by atoms with Crippen molar-refractivity contribution in [3.05, 3.63) is 108 Å². The molecule has 0 saturated heterocycles. The Kier molecular flexibility index (Phi) is 8.75. The van der Waals surface area contributed by atoms with Crippen molar-refractivity contribution in [1.82, 2.24) is 14.5 Å². The van der Waals surface area contributed by atoms with E-state index in [9.17, 15) is 4.79 Å². The number of amides is 1. The van der Waals surface area contributed by atoms with Crippen molar-refractivity contribution in [2.45, 2.75) is 32.9 Å². The lowest BCUT2D eigenvalue weighted by Gasteiger charge is -2.34. The lowest BCUT2D eigenvalue weighted by atomic mass is 9.99. The average molecular weight is 497 g/mol. The summed E-state index contributed by atoms with van der Waals surface area (Å²) in [5, 5.41) is 0. The van der Waals surface area contributed by atoms with Crippen molar-refractivity contribution >= 4 is 5.91 Å². The molecule has 1 aromatic heterocycles. The number of carbonyl (C=O) groups is 1. The molecule has 37 heavy (non-hydrogen) atoms. The number of benzene rings is 3. The van der Waals surface area contributed by atoms with E-state index >= 15 is 0 Å². The fourth-order valence-corrected chi connectivity index (χ4v) is 4.67. The van der Waals surface area contributed by atoms with Crippen LogP contribution in [-0.4, -0.2) is 40.6 Å². The van der Waals surface area contributed by atoms with Gasteiger partial charge in [-0.1, -0.05) is 74.5 Å². The van der Waals surface area contributed by atoms with Gasteiger partial charge in [0.2, 0.25) is 0 Å². The van der Waals surface area contributed by atoms with E-state index < -0.39 is 0 Å². The lowest BCUT2D eigenvalue weighted by Crippen LogP contribution is -2.40. The first kappa shape index (κ1) is 26.2. The van der Waals surface area contributed by atoms with Gasteiger partial charge in [0.1, 0.15) is 11.6 Å². The highest BCUT2D eigenvalue weighted by atomic mass is 16.5. The molecule has 1 amide bonds. The van der Waals surface area contributed by atoms with Gasteiger partial charge in [0.05, 0.1) is 18.8 Å². The number of hydrogen-bond donors (Lipinski definition) is 1. The molecule has 1 heterocycles. The minimum atomic E-state index is -0.234. The third-order valence-electron chi connectivity index (χ3n) is 6.49. The number of imidazole rings is 1. The molecule has 6 heteroatoms. The van der Waals surface area contributed by atoms with Crippen molar-refractivity contribution in [2.24, 2.45) is 11.7 Å². The van der Waals surface area contributed by atoms with Gasteiger partial charge in [-0.15, -0.1) is 0 Å². The smallest absolute Gasteiger partial charge is 0.254 e. The number of ether oxygens (including phenoxy) is 1. The molecule has 2 N–H and O–H groups in total. The molecule has 1 unspecified atom stereocenters. The van der Waals surface area contributed by atoms with Gasteiger partial charge in [-0.25, -0.2) is 4.98 Å². The van der Waals surface area contributed by atoms with Crippen LogP contribution in [0.15, 0.2) is 91.1 Å². The second kappa shape index (κ2) is 12.4. The number of rotatable bonds is 11. The van der Waals surface area contributed by atoms with Crippen LogP contribution in [0.1, 0.15) is 48.1 Å². The van der Waals surface area contributed by atoms with Crippen LogP contribution >= 0.6 is 0 Å². The van der Waals surface area contributed by atoms with Gasteiger partial charge in [0, 0.05) is 30.4 Å². The number of nitrogens with zero attached hydrogens (tertiary/aromatic N) is 3. The molecule has 0 saturated carbocycles. The van der Waals surface area contributed by atoms with Gasteiger partial charge >= 0.3 is 0 Å². The number of aromatic nitrogens is 2. The zero-order valence-electron chi connectivity index (χ0n) is 21.9. The molecule has 192 valence electrons. The fraction of sp³-hybridized carbons (Fsp3) is 0.290. The standard InChI is InChI=1S/C31H36N4O2/c1-23(2)29(35(19-11-18-32)31(36)25-14-8-5-9-15-25)30-33-28(26-16-10-17-27(20-26)37-3)22-34(30)21-24-12-6-4-7-13-24/h4-10,12-17,20,22-23,29H,11,18-19,21,32H2,1-3H3. The van der Waals surface area contributed by atoms with E-state index in [0.717, 1.165) is 22.8 Å². The third kappa shape index (κ3) is 6.27. The van der Waals surface area contributed by atoms with Crippen LogP contribution in [0.5, 0.6) is 5.75 Å². The minimum Gasteiger partial charge on any atom is -0.497 e. The zero-order chi connectivity index (χ0) is 26.2. The monoisotopic (exact) mass is 496 g/mol. The predicted octanol–water partition coefficient (Wildman–Crippen LogP) is 5.80. The molecule has 0 fully saturated rings. The summed E-state index contributed by atoms with van der Waals surface area (Å²) >= 11 is 0. The maximum Gasteiger partial charge on any atom is 0.254 e. The first-order chi connectivity index (χ1) is 18.0. The molecule has 0 aliphatic carbocycles. The Morgan fingerprint density at radius 2 is 1.70 bits per heavy atom. The molecule has 0 radical (unpaired) electrons. The van der Waals surface area contributed by atoms with E-state index in [1.165, 1.54) is 5.56 Å². The Morgan fingerprint density at radius 1 is 1.00 bits per heavy atom. The van der Waals surface area contributed by atoms with E-state index in [0.29, 0.717) is 31.6 Å². The quantitative estimate of drug-likeness (QED) is 0.285. The van der Waals surface area contributed by atoms with Gasteiger partial charge in [-0.2, -0.15) is 0 Å². The van der Waals surface area contributed by atoms with Crippen molar-refractivity contribution in [3.63, 3.8) is 0 Å². The highest BCUT2D eigenvalue weighted by Gasteiger charge is 2.32. The molecule has 4 aromatic rings. The first-order valence-corrected chi connectivity index (χ1v) is 12.8. The SMILES string of the molecule is COc1cccc(-c2cn(Cc3ccccc3)c(C(C(C)C)N(CCCN)C(=O)c3ccccc3)n2)c1. The molecule has 4 rings (SSSR count). The van der Waals surface area contributed by atoms with Gasteiger partial charge in [-0.3, -0.25) is 4.79 Å². The van der Waals surface area contributed by atoms with Crippen LogP contribution in [0.25, 0.3) is 11.3 Å². The molecule has 0 spiro atoms. The van der Waals surface area contributed by atoms with E-state index in [1.807, 2.05) is 77.7 Å². The Morgan fingerprint density at radius 3 is 2.35 bits per heavy atom.